The second-order valence-electron chi connectivity index (χ2n) is 5.34. The molecule has 0 aliphatic heterocycles. The Morgan fingerprint density at radius 1 is 1.39 bits per heavy atom. The summed E-state index contributed by atoms with van der Waals surface area (Å²) in [6.07, 6.45) is 2.29. The Morgan fingerprint density at radius 3 is 2.74 bits per heavy atom. The van der Waals surface area contributed by atoms with Gasteiger partial charge in [-0.1, -0.05) is 6.08 Å². The highest BCUT2D eigenvalue weighted by Gasteiger charge is 2.30. The first-order valence-corrected chi connectivity index (χ1v) is 7.31. The highest BCUT2D eigenvalue weighted by Crippen LogP contribution is 2.43. The molecule has 0 spiro atoms. The number of hydrogen-bond donors (Lipinski definition) is 1. The van der Waals surface area contributed by atoms with Crippen LogP contribution in [0.4, 0.5) is 0 Å². The fourth-order valence-corrected chi connectivity index (χ4v) is 2.98. The van der Waals surface area contributed by atoms with Crippen molar-refractivity contribution in [1.82, 2.24) is 15.1 Å². The summed E-state index contributed by atoms with van der Waals surface area (Å²) in [5.41, 5.74) is 4.46. The Labute approximate surface area is 134 Å². The van der Waals surface area contributed by atoms with Crippen molar-refractivity contribution in [1.29, 1.82) is 0 Å². The largest absolute Gasteiger partial charge is 0.493 e. The lowest BCUT2D eigenvalue weighted by atomic mass is 10.1. The lowest BCUT2D eigenvalue weighted by molar-refractivity contribution is 0.0951. The van der Waals surface area contributed by atoms with E-state index in [1.165, 1.54) is 0 Å². The summed E-state index contributed by atoms with van der Waals surface area (Å²) < 4.78 is 12.5. The van der Waals surface area contributed by atoms with Crippen LogP contribution in [0.25, 0.3) is 11.3 Å². The lowest BCUT2D eigenvalue weighted by Gasteiger charge is -2.11. The Hall–Kier alpha value is -2.76. The number of benzene rings is 1. The molecule has 0 atom stereocenters. The van der Waals surface area contributed by atoms with Crippen LogP contribution < -0.4 is 14.8 Å². The number of aromatic nitrogens is 2. The quantitative estimate of drug-likeness (QED) is 0.731. The van der Waals surface area contributed by atoms with E-state index in [2.05, 4.69) is 17.0 Å². The number of methoxy groups -OCH3 is 2. The molecule has 120 valence electrons. The third kappa shape index (κ3) is 2.36. The average Bonchev–Trinajstić information content (AvgIpc) is 3.08. The van der Waals surface area contributed by atoms with E-state index in [9.17, 15) is 4.79 Å². The van der Waals surface area contributed by atoms with Crippen molar-refractivity contribution in [3.05, 3.63) is 41.6 Å². The number of carbonyl (C=O) groups excluding carboxylic acids is 1. The second kappa shape index (κ2) is 5.79. The molecule has 0 saturated carbocycles. The van der Waals surface area contributed by atoms with Gasteiger partial charge in [0.15, 0.2) is 17.2 Å². The molecule has 1 aromatic heterocycles. The van der Waals surface area contributed by atoms with E-state index in [4.69, 9.17) is 9.47 Å². The molecule has 1 heterocycles. The zero-order valence-corrected chi connectivity index (χ0v) is 13.5. The van der Waals surface area contributed by atoms with Crippen LogP contribution in [0.5, 0.6) is 11.5 Å². The summed E-state index contributed by atoms with van der Waals surface area (Å²) in [5, 5.41) is 7.16. The van der Waals surface area contributed by atoms with Crippen molar-refractivity contribution in [2.75, 3.05) is 20.8 Å². The molecule has 1 aromatic carbocycles. The van der Waals surface area contributed by atoms with Gasteiger partial charge in [-0.05, 0) is 17.7 Å². The van der Waals surface area contributed by atoms with Gasteiger partial charge < -0.3 is 14.8 Å². The molecule has 6 nitrogen and oxygen atoms in total. The van der Waals surface area contributed by atoms with Gasteiger partial charge >= 0.3 is 0 Å². The minimum absolute atomic E-state index is 0.187. The number of ether oxygens (including phenoxy) is 2. The van der Waals surface area contributed by atoms with Crippen LogP contribution in [0.3, 0.4) is 0 Å². The van der Waals surface area contributed by atoms with Crippen molar-refractivity contribution < 1.29 is 14.3 Å². The highest BCUT2D eigenvalue weighted by molar-refractivity contribution is 5.97. The first-order valence-electron chi connectivity index (χ1n) is 7.31. The van der Waals surface area contributed by atoms with Gasteiger partial charge in [-0.25, -0.2) is 0 Å². The number of carbonyl (C=O) groups is 1. The Bertz CT molecular complexity index is 793. The van der Waals surface area contributed by atoms with E-state index < -0.39 is 0 Å². The molecule has 2 aromatic rings. The summed E-state index contributed by atoms with van der Waals surface area (Å²) in [6, 6.07) is 3.90. The monoisotopic (exact) mass is 313 g/mol. The van der Waals surface area contributed by atoms with Crippen molar-refractivity contribution in [3.8, 4) is 22.8 Å². The maximum Gasteiger partial charge on any atom is 0.272 e. The Kier molecular flexibility index (Phi) is 3.82. The molecule has 0 bridgehead atoms. The molecule has 1 aliphatic carbocycles. The summed E-state index contributed by atoms with van der Waals surface area (Å²) in [4.78, 5) is 12.3. The molecule has 6 heteroatoms. The third-order valence-electron chi connectivity index (χ3n) is 4.00. The molecular formula is C17H19N3O3. The number of aryl methyl sites for hydroxylation is 1. The first-order chi connectivity index (χ1) is 11.1. The van der Waals surface area contributed by atoms with Crippen LogP contribution in [0, 0.1) is 0 Å². The van der Waals surface area contributed by atoms with Gasteiger partial charge in [-0.2, -0.15) is 5.10 Å². The normalized spacial score (nSPS) is 11.6. The summed E-state index contributed by atoms with van der Waals surface area (Å²) >= 11 is 0. The van der Waals surface area contributed by atoms with Gasteiger partial charge in [0.1, 0.15) is 0 Å². The number of rotatable bonds is 5. The van der Waals surface area contributed by atoms with Gasteiger partial charge in [0.2, 0.25) is 0 Å². The molecule has 0 unspecified atom stereocenters. The fourth-order valence-electron chi connectivity index (χ4n) is 2.98. The predicted octanol–water partition coefficient (Wildman–Crippen LogP) is 1.92. The van der Waals surface area contributed by atoms with E-state index in [0.29, 0.717) is 30.2 Å². The number of nitrogens with zero attached hydrogens (tertiary/aromatic N) is 2. The van der Waals surface area contributed by atoms with Gasteiger partial charge in [0.25, 0.3) is 5.91 Å². The number of fused-ring (bicyclic) bond motifs is 3. The van der Waals surface area contributed by atoms with E-state index in [1.54, 1.807) is 25.0 Å². The SMILES string of the molecule is C=CCNC(=O)c1nn(C)c2c1Cc1cc(OC)c(OC)cc1-2. The van der Waals surface area contributed by atoms with E-state index in [1.807, 2.05) is 19.2 Å². The van der Waals surface area contributed by atoms with Crippen LogP contribution in [-0.2, 0) is 13.5 Å². The van der Waals surface area contributed by atoms with Crippen LogP contribution in [0.2, 0.25) is 0 Å². The average molecular weight is 313 g/mol. The van der Waals surface area contributed by atoms with Crippen molar-refractivity contribution in [2.45, 2.75) is 6.42 Å². The zero-order valence-electron chi connectivity index (χ0n) is 13.5. The van der Waals surface area contributed by atoms with Gasteiger partial charge in [-0.15, -0.1) is 6.58 Å². The van der Waals surface area contributed by atoms with Crippen LogP contribution in [0.15, 0.2) is 24.8 Å². The van der Waals surface area contributed by atoms with Crippen molar-refractivity contribution >= 4 is 5.91 Å². The van der Waals surface area contributed by atoms with E-state index in [0.717, 1.165) is 22.4 Å². The summed E-state index contributed by atoms with van der Waals surface area (Å²) in [5.74, 6) is 1.16. The maximum atomic E-state index is 12.3. The minimum Gasteiger partial charge on any atom is -0.493 e. The number of hydrogen-bond acceptors (Lipinski definition) is 4. The number of amides is 1. The minimum atomic E-state index is -0.187. The fraction of sp³-hybridized carbons (Fsp3) is 0.294. The molecule has 0 saturated heterocycles. The van der Waals surface area contributed by atoms with Crippen LogP contribution in [-0.4, -0.2) is 36.5 Å². The Morgan fingerprint density at radius 2 is 2.09 bits per heavy atom. The molecule has 0 radical (unpaired) electrons. The van der Waals surface area contributed by atoms with Gasteiger partial charge in [0, 0.05) is 31.1 Å². The zero-order chi connectivity index (χ0) is 16.6. The number of nitrogens with one attached hydrogen (secondary N) is 1. The highest BCUT2D eigenvalue weighted by atomic mass is 16.5. The molecule has 1 aliphatic rings. The van der Waals surface area contributed by atoms with Crippen LogP contribution in [0.1, 0.15) is 21.6 Å². The molecule has 23 heavy (non-hydrogen) atoms. The predicted molar refractivity (Wildman–Crippen MR) is 87.1 cm³/mol. The molecule has 1 amide bonds. The summed E-state index contributed by atoms with van der Waals surface area (Å²) in [6.45, 7) is 4.02. The van der Waals surface area contributed by atoms with Crippen molar-refractivity contribution in [2.24, 2.45) is 7.05 Å². The standard InChI is InChI=1S/C17H19N3O3/c1-5-6-18-17(21)15-12-7-10-8-13(22-3)14(23-4)9-11(10)16(12)20(2)19-15/h5,8-9H,1,6-7H2,2-4H3,(H,18,21). The van der Waals surface area contributed by atoms with Gasteiger partial charge in [0.05, 0.1) is 19.9 Å². The summed E-state index contributed by atoms with van der Waals surface area (Å²) in [7, 11) is 5.06. The van der Waals surface area contributed by atoms with Crippen LogP contribution >= 0.6 is 0 Å². The van der Waals surface area contributed by atoms with E-state index >= 15 is 0 Å². The van der Waals surface area contributed by atoms with E-state index in [-0.39, 0.29) is 5.91 Å². The topological polar surface area (TPSA) is 65.4 Å². The first kappa shape index (κ1) is 15.1. The molecule has 0 fully saturated rings. The maximum absolute atomic E-state index is 12.3. The van der Waals surface area contributed by atoms with Gasteiger partial charge in [-0.3, -0.25) is 9.48 Å². The third-order valence-corrected chi connectivity index (χ3v) is 4.00. The van der Waals surface area contributed by atoms with Crippen molar-refractivity contribution in [3.63, 3.8) is 0 Å². The second-order valence-corrected chi connectivity index (χ2v) is 5.34. The molecule has 1 N–H and O–H groups in total. The molecular weight excluding hydrogens is 294 g/mol. The Balaban J connectivity index is 2.07. The smallest absolute Gasteiger partial charge is 0.272 e. The lowest BCUT2D eigenvalue weighted by Crippen LogP contribution is -2.24. The molecule has 3 rings (SSSR count).